The van der Waals surface area contributed by atoms with Crippen molar-refractivity contribution in [1.29, 1.82) is 0 Å². The summed E-state index contributed by atoms with van der Waals surface area (Å²) < 4.78 is 74.7. The predicted octanol–water partition coefficient (Wildman–Crippen LogP) is 3.20. The van der Waals surface area contributed by atoms with Crippen molar-refractivity contribution in [2.45, 2.75) is 11.1 Å². The van der Waals surface area contributed by atoms with Gasteiger partial charge in [-0.25, -0.2) is 17.8 Å². The first-order chi connectivity index (χ1) is 10.6. The van der Waals surface area contributed by atoms with Crippen LogP contribution in [0.1, 0.15) is 5.56 Å². The van der Waals surface area contributed by atoms with Gasteiger partial charge >= 0.3 is 6.18 Å². The van der Waals surface area contributed by atoms with E-state index in [-0.39, 0.29) is 5.82 Å². The Balaban J connectivity index is 2.20. The van der Waals surface area contributed by atoms with Gasteiger partial charge in [-0.15, -0.1) is 4.83 Å². The fourth-order valence-corrected chi connectivity index (χ4v) is 2.66. The molecule has 0 saturated heterocycles. The van der Waals surface area contributed by atoms with Crippen LogP contribution in [0.15, 0.2) is 41.4 Å². The molecule has 0 spiro atoms. The number of sulfonamides is 1. The van der Waals surface area contributed by atoms with E-state index in [0.717, 1.165) is 12.1 Å². The van der Waals surface area contributed by atoms with Gasteiger partial charge in [-0.2, -0.15) is 13.2 Å². The number of aromatic nitrogens is 1. The average molecular weight is 370 g/mol. The van der Waals surface area contributed by atoms with Gasteiger partial charge < -0.3 is 0 Å². The van der Waals surface area contributed by atoms with Crippen molar-refractivity contribution < 1.29 is 26.0 Å². The normalized spacial score (nSPS) is 12.2. The molecular formula is C12H8ClF4N3O2S. The van der Waals surface area contributed by atoms with Crippen LogP contribution in [0.2, 0.25) is 5.02 Å². The van der Waals surface area contributed by atoms with Gasteiger partial charge in [-0.05, 0) is 18.2 Å². The Morgan fingerprint density at radius 3 is 2.39 bits per heavy atom. The highest BCUT2D eigenvalue weighted by atomic mass is 35.5. The fourth-order valence-electron chi connectivity index (χ4n) is 1.52. The zero-order valence-electron chi connectivity index (χ0n) is 11.0. The number of rotatable bonds is 4. The van der Waals surface area contributed by atoms with Crippen LogP contribution in [0.3, 0.4) is 0 Å². The minimum absolute atomic E-state index is 0.361. The number of benzene rings is 1. The Labute approximate surface area is 133 Å². The van der Waals surface area contributed by atoms with Gasteiger partial charge in [0, 0.05) is 6.20 Å². The molecule has 1 aromatic carbocycles. The summed E-state index contributed by atoms with van der Waals surface area (Å²) >= 11 is 5.61. The lowest BCUT2D eigenvalue weighted by Crippen LogP contribution is -2.30. The molecule has 0 bridgehead atoms. The third-order valence-corrected chi connectivity index (χ3v) is 4.17. The van der Waals surface area contributed by atoms with Gasteiger partial charge in [0.25, 0.3) is 10.0 Å². The quantitative estimate of drug-likeness (QED) is 0.641. The van der Waals surface area contributed by atoms with E-state index in [0.29, 0.717) is 12.3 Å². The molecule has 2 N–H and O–H groups in total. The lowest BCUT2D eigenvalue weighted by atomic mass is 10.3. The molecule has 0 fully saturated rings. The molecule has 23 heavy (non-hydrogen) atoms. The Bertz CT molecular complexity index is 827. The maximum atomic E-state index is 13.5. The molecule has 2 rings (SSSR count). The Hall–Kier alpha value is -1.91. The molecule has 0 amide bonds. The van der Waals surface area contributed by atoms with E-state index in [9.17, 15) is 26.0 Å². The molecule has 0 radical (unpaired) electrons. The topological polar surface area (TPSA) is 71.1 Å². The van der Waals surface area contributed by atoms with E-state index in [1.54, 1.807) is 4.83 Å². The predicted molar refractivity (Wildman–Crippen MR) is 74.6 cm³/mol. The third-order valence-electron chi connectivity index (χ3n) is 2.60. The fraction of sp³-hybridized carbons (Fsp3) is 0.0833. The Morgan fingerprint density at radius 1 is 1.17 bits per heavy atom. The number of alkyl halides is 3. The molecule has 124 valence electrons. The lowest BCUT2D eigenvalue weighted by molar-refractivity contribution is -0.137. The van der Waals surface area contributed by atoms with E-state index in [2.05, 4.69) is 4.98 Å². The monoisotopic (exact) mass is 369 g/mol. The van der Waals surface area contributed by atoms with E-state index in [4.69, 9.17) is 11.6 Å². The molecule has 5 nitrogen and oxygen atoms in total. The van der Waals surface area contributed by atoms with Crippen LogP contribution in [0.25, 0.3) is 0 Å². The lowest BCUT2D eigenvalue weighted by Gasteiger charge is -2.12. The highest BCUT2D eigenvalue weighted by Crippen LogP contribution is 2.32. The molecule has 0 aliphatic heterocycles. The summed E-state index contributed by atoms with van der Waals surface area (Å²) in [6.07, 6.45) is -4.16. The number of pyridine rings is 1. The van der Waals surface area contributed by atoms with Gasteiger partial charge in [0.15, 0.2) is 5.82 Å². The van der Waals surface area contributed by atoms with Gasteiger partial charge in [0.1, 0.15) is 10.7 Å². The molecule has 0 aliphatic rings. The summed E-state index contributed by atoms with van der Waals surface area (Å²) in [6, 6.07) is 5.14. The number of nitrogens with one attached hydrogen (secondary N) is 2. The number of nitrogens with zero attached hydrogens (tertiary/aromatic N) is 1. The van der Waals surface area contributed by atoms with E-state index >= 15 is 0 Å². The minimum atomic E-state index is -4.64. The van der Waals surface area contributed by atoms with Crippen LogP contribution in [0.5, 0.6) is 0 Å². The van der Waals surface area contributed by atoms with Crippen LogP contribution < -0.4 is 10.3 Å². The second-order valence-corrected chi connectivity index (χ2v) is 6.27. The second kappa shape index (κ2) is 6.30. The van der Waals surface area contributed by atoms with Crippen molar-refractivity contribution in [1.82, 2.24) is 9.82 Å². The highest BCUT2D eigenvalue weighted by Gasteiger charge is 2.31. The van der Waals surface area contributed by atoms with Crippen molar-refractivity contribution in [3.05, 3.63) is 52.9 Å². The zero-order chi connectivity index (χ0) is 17.3. The van der Waals surface area contributed by atoms with E-state index < -0.39 is 37.5 Å². The van der Waals surface area contributed by atoms with Crippen molar-refractivity contribution in [2.24, 2.45) is 0 Å². The number of hydrogen-bond acceptors (Lipinski definition) is 4. The summed E-state index contributed by atoms with van der Waals surface area (Å²) in [6.45, 7) is 0. The van der Waals surface area contributed by atoms with Crippen LogP contribution in [0, 0.1) is 5.82 Å². The smallest absolute Gasteiger partial charge is 0.291 e. The van der Waals surface area contributed by atoms with E-state index in [1.165, 1.54) is 12.1 Å². The van der Waals surface area contributed by atoms with Gasteiger partial charge in [0.05, 0.1) is 10.6 Å². The average Bonchev–Trinajstić information content (AvgIpc) is 2.45. The Kier molecular flexibility index (Phi) is 4.78. The van der Waals surface area contributed by atoms with Gasteiger partial charge in [-0.3, -0.25) is 5.43 Å². The molecule has 0 aliphatic carbocycles. The molecule has 11 heteroatoms. The minimum Gasteiger partial charge on any atom is -0.291 e. The molecule has 0 unspecified atom stereocenters. The second-order valence-electron chi connectivity index (χ2n) is 4.21. The third kappa shape index (κ3) is 4.09. The summed E-state index contributed by atoms with van der Waals surface area (Å²) in [5.74, 6) is -1.35. The van der Waals surface area contributed by atoms with Crippen LogP contribution in [-0.4, -0.2) is 13.4 Å². The molecule has 2 aromatic rings. The summed E-state index contributed by atoms with van der Waals surface area (Å²) in [5.41, 5.74) is 0.950. The van der Waals surface area contributed by atoms with Gasteiger partial charge in [-0.1, -0.05) is 23.7 Å². The molecule has 0 saturated carbocycles. The van der Waals surface area contributed by atoms with Crippen molar-refractivity contribution in [3.8, 4) is 0 Å². The number of anilines is 1. The molecule has 1 heterocycles. The maximum Gasteiger partial charge on any atom is 0.417 e. The SMILES string of the molecule is O=S(=O)(NNc1ncc(C(F)(F)F)cc1Cl)c1ccccc1F. The zero-order valence-corrected chi connectivity index (χ0v) is 12.6. The summed E-state index contributed by atoms with van der Waals surface area (Å²) in [4.78, 5) is 4.52. The standard InChI is InChI=1S/C12H8ClF4N3O2S/c13-8-5-7(12(15,16)17)6-18-11(8)19-20-23(21,22)10-4-2-1-3-9(10)14/h1-6,20H,(H,18,19). The highest BCUT2D eigenvalue weighted by molar-refractivity contribution is 7.89. The number of halogens is 5. The van der Waals surface area contributed by atoms with Crippen LogP contribution >= 0.6 is 11.6 Å². The first kappa shape index (κ1) is 17.4. The summed E-state index contributed by atoms with van der Waals surface area (Å²) in [7, 11) is -4.30. The first-order valence-electron chi connectivity index (χ1n) is 5.86. The summed E-state index contributed by atoms with van der Waals surface area (Å²) in [5, 5.41) is -0.462. The van der Waals surface area contributed by atoms with Crippen molar-refractivity contribution in [3.63, 3.8) is 0 Å². The van der Waals surface area contributed by atoms with E-state index in [1.807, 2.05) is 5.43 Å². The Morgan fingerprint density at radius 2 is 1.83 bits per heavy atom. The molecular weight excluding hydrogens is 362 g/mol. The van der Waals surface area contributed by atoms with Crippen LogP contribution in [0.4, 0.5) is 23.4 Å². The maximum absolute atomic E-state index is 13.5. The number of hydrogen-bond donors (Lipinski definition) is 2. The largest absolute Gasteiger partial charge is 0.417 e. The first-order valence-corrected chi connectivity index (χ1v) is 7.72. The van der Waals surface area contributed by atoms with Gasteiger partial charge in [0.2, 0.25) is 0 Å². The molecule has 1 aromatic heterocycles. The van der Waals surface area contributed by atoms with Crippen molar-refractivity contribution in [2.75, 3.05) is 5.43 Å². The molecule has 0 atom stereocenters. The number of hydrazine groups is 1. The van der Waals surface area contributed by atoms with Crippen LogP contribution in [-0.2, 0) is 16.2 Å². The van der Waals surface area contributed by atoms with Crippen molar-refractivity contribution >= 4 is 27.4 Å².